The molecule has 0 amide bonds. The molecule has 0 unspecified atom stereocenters. The molecule has 5 nitrogen and oxygen atoms in total. The minimum atomic E-state index is -3.64. The van der Waals surface area contributed by atoms with Gasteiger partial charge in [0.2, 0.25) is 0 Å². The highest BCUT2D eigenvalue weighted by Gasteiger charge is 2.17. The number of anilines is 2. The van der Waals surface area contributed by atoms with Crippen molar-refractivity contribution in [2.24, 2.45) is 0 Å². The lowest BCUT2D eigenvalue weighted by Gasteiger charge is -2.19. The van der Waals surface area contributed by atoms with Gasteiger partial charge >= 0.3 is 0 Å². The molecule has 3 aromatic rings. The van der Waals surface area contributed by atoms with Crippen molar-refractivity contribution in [1.82, 2.24) is 5.43 Å². The summed E-state index contributed by atoms with van der Waals surface area (Å²) in [5, 5.41) is 0. The molecule has 6 heteroatoms. The van der Waals surface area contributed by atoms with E-state index < -0.39 is 10.0 Å². The van der Waals surface area contributed by atoms with E-state index in [-0.39, 0.29) is 10.3 Å². The number of sulfonamides is 1. The van der Waals surface area contributed by atoms with Crippen LogP contribution in [0.2, 0.25) is 0 Å². The summed E-state index contributed by atoms with van der Waals surface area (Å²) in [5.74, 6) is 0. The number of benzene rings is 3. The van der Waals surface area contributed by atoms with Crippen molar-refractivity contribution < 1.29 is 8.42 Å². The second-order valence-corrected chi connectivity index (χ2v) is 9.61. The molecule has 0 atom stereocenters. The van der Waals surface area contributed by atoms with E-state index in [1.165, 1.54) is 0 Å². The van der Waals surface area contributed by atoms with Gasteiger partial charge in [0.05, 0.1) is 4.90 Å². The van der Waals surface area contributed by atoms with Gasteiger partial charge in [0.1, 0.15) is 0 Å². The molecule has 0 fully saturated rings. The van der Waals surface area contributed by atoms with Gasteiger partial charge in [0.25, 0.3) is 10.0 Å². The highest BCUT2D eigenvalue weighted by molar-refractivity contribution is 7.92. The van der Waals surface area contributed by atoms with Crippen LogP contribution in [0, 0.1) is 0 Å². The van der Waals surface area contributed by atoms with Gasteiger partial charge in [-0.15, -0.1) is 0 Å². The molecule has 0 heterocycles. The Hall–Kier alpha value is -2.83. The van der Waals surface area contributed by atoms with Crippen molar-refractivity contribution >= 4 is 21.4 Å². The molecule has 0 aliphatic rings. The van der Waals surface area contributed by atoms with E-state index in [4.69, 9.17) is 0 Å². The van der Waals surface area contributed by atoms with Crippen LogP contribution in [0.1, 0.15) is 31.9 Å². The number of para-hydroxylation sites is 1. The van der Waals surface area contributed by atoms with Crippen molar-refractivity contribution in [2.45, 2.75) is 37.6 Å². The van der Waals surface area contributed by atoms with Crippen molar-refractivity contribution in [1.29, 1.82) is 0 Å². The van der Waals surface area contributed by atoms with Gasteiger partial charge in [-0.3, -0.25) is 4.72 Å². The van der Waals surface area contributed by atoms with Gasteiger partial charge in [-0.2, -0.15) is 0 Å². The third-order valence-corrected chi connectivity index (χ3v) is 5.91. The first kappa shape index (κ1) is 20.9. The second-order valence-electron chi connectivity index (χ2n) is 7.92. The summed E-state index contributed by atoms with van der Waals surface area (Å²) >= 11 is 0. The number of nitrogens with one attached hydrogen (secondary N) is 3. The molecule has 0 spiro atoms. The Kier molecular flexibility index (Phi) is 6.25. The third-order valence-electron chi connectivity index (χ3n) is 4.51. The Morgan fingerprint density at radius 1 is 0.793 bits per heavy atom. The van der Waals surface area contributed by atoms with Crippen LogP contribution < -0.4 is 15.6 Å². The zero-order valence-electron chi connectivity index (χ0n) is 16.9. The lowest BCUT2D eigenvalue weighted by Crippen LogP contribution is -2.21. The molecule has 29 heavy (non-hydrogen) atoms. The van der Waals surface area contributed by atoms with Crippen LogP contribution in [0.25, 0.3) is 0 Å². The number of hydrazine groups is 1. The fraction of sp³-hybridized carbons (Fsp3) is 0.217. The molecule has 3 rings (SSSR count). The highest BCUT2D eigenvalue weighted by atomic mass is 32.2. The van der Waals surface area contributed by atoms with Crippen LogP contribution in [-0.4, -0.2) is 8.42 Å². The Bertz CT molecular complexity index is 1040. The van der Waals surface area contributed by atoms with Crippen LogP contribution in [0.3, 0.4) is 0 Å². The van der Waals surface area contributed by atoms with Crippen LogP contribution in [0.4, 0.5) is 11.4 Å². The predicted octanol–water partition coefficient (Wildman–Crippen LogP) is 4.90. The van der Waals surface area contributed by atoms with Crippen LogP contribution in [-0.2, 0) is 22.0 Å². The van der Waals surface area contributed by atoms with Crippen LogP contribution in [0.15, 0.2) is 83.8 Å². The van der Waals surface area contributed by atoms with Gasteiger partial charge in [-0.25, -0.2) is 13.8 Å². The van der Waals surface area contributed by atoms with Crippen molar-refractivity contribution in [2.75, 3.05) is 10.1 Å². The summed E-state index contributed by atoms with van der Waals surface area (Å²) in [6, 6.07) is 24.2. The molecule has 0 radical (unpaired) electrons. The average Bonchev–Trinajstić information content (AvgIpc) is 2.68. The minimum absolute atomic E-state index is 0.0230. The summed E-state index contributed by atoms with van der Waals surface area (Å²) in [5.41, 5.74) is 9.77. The topological polar surface area (TPSA) is 70.2 Å². The van der Waals surface area contributed by atoms with E-state index in [0.717, 1.165) is 16.8 Å². The molecule has 3 N–H and O–H groups in total. The van der Waals surface area contributed by atoms with E-state index in [1.807, 2.05) is 60.7 Å². The SMILES string of the molecule is CC(C)(C)c1ccc(S(=O)(=O)Nc2cccc(CNNc3ccccc3)c2)cc1. The highest BCUT2D eigenvalue weighted by Crippen LogP contribution is 2.24. The van der Waals surface area contributed by atoms with E-state index in [0.29, 0.717) is 12.2 Å². The fourth-order valence-corrected chi connectivity index (χ4v) is 3.91. The Morgan fingerprint density at radius 3 is 2.10 bits per heavy atom. The number of rotatable bonds is 7. The van der Waals surface area contributed by atoms with E-state index in [9.17, 15) is 8.42 Å². The average molecular weight is 410 g/mol. The largest absolute Gasteiger partial charge is 0.321 e. The van der Waals surface area contributed by atoms with Crippen LogP contribution >= 0.6 is 0 Å². The van der Waals surface area contributed by atoms with E-state index >= 15 is 0 Å². The summed E-state index contributed by atoms with van der Waals surface area (Å²) in [6.07, 6.45) is 0. The summed E-state index contributed by atoms with van der Waals surface area (Å²) < 4.78 is 28.1. The standard InChI is InChI=1S/C23H27N3O2S/c1-23(2,3)19-12-14-22(15-13-19)29(27,28)26-21-11-7-8-18(16-21)17-24-25-20-9-5-4-6-10-20/h4-16,24-26H,17H2,1-3H3. The normalized spacial score (nSPS) is 11.8. The Labute approximate surface area is 173 Å². The maximum atomic E-state index is 12.7. The Morgan fingerprint density at radius 2 is 1.45 bits per heavy atom. The van der Waals surface area contributed by atoms with Crippen molar-refractivity contribution in [3.8, 4) is 0 Å². The quantitative estimate of drug-likeness (QED) is 0.485. The van der Waals surface area contributed by atoms with E-state index in [2.05, 4.69) is 36.3 Å². The van der Waals surface area contributed by atoms with Crippen LogP contribution in [0.5, 0.6) is 0 Å². The predicted molar refractivity (Wildman–Crippen MR) is 119 cm³/mol. The van der Waals surface area contributed by atoms with Gasteiger partial charge in [0.15, 0.2) is 0 Å². The molecule has 3 aromatic carbocycles. The monoisotopic (exact) mass is 409 g/mol. The molecule has 152 valence electrons. The molecule has 0 saturated carbocycles. The molecule has 0 aromatic heterocycles. The first-order chi connectivity index (χ1) is 13.7. The smallest absolute Gasteiger partial charge is 0.261 e. The summed E-state index contributed by atoms with van der Waals surface area (Å²) in [4.78, 5) is 0.250. The van der Waals surface area contributed by atoms with Gasteiger partial charge in [-0.05, 0) is 52.9 Å². The maximum absolute atomic E-state index is 12.7. The number of hydrogen-bond donors (Lipinski definition) is 3. The molecule has 0 saturated heterocycles. The lowest BCUT2D eigenvalue weighted by molar-refractivity contribution is 0.587. The zero-order chi connectivity index (χ0) is 20.9. The van der Waals surface area contributed by atoms with Crippen molar-refractivity contribution in [3.05, 3.63) is 90.0 Å². The fourth-order valence-electron chi connectivity index (χ4n) is 2.86. The Balaban J connectivity index is 1.65. The summed E-state index contributed by atoms with van der Waals surface area (Å²) in [7, 11) is -3.64. The van der Waals surface area contributed by atoms with Gasteiger partial charge in [-0.1, -0.05) is 63.2 Å². The lowest BCUT2D eigenvalue weighted by atomic mass is 9.87. The summed E-state index contributed by atoms with van der Waals surface area (Å²) in [6.45, 7) is 6.84. The minimum Gasteiger partial charge on any atom is -0.321 e. The van der Waals surface area contributed by atoms with Gasteiger partial charge in [0, 0.05) is 17.9 Å². The first-order valence-corrected chi connectivity index (χ1v) is 11.0. The van der Waals surface area contributed by atoms with Gasteiger partial charge < -0.3 is 5.43 Å². The molecular weight excluding hydrogens is 382 g/mol. The van der Waals surface area contributed by atoms with E-state index in [1.54, 1.807) is 18.2 Å². The first-order valence-electron chi connectivity index (χ1n) is 9.50. The zero-order valence-corrected chi connectivity index (χ0v) is 17.8. The second kappa shape index (κ2) is 8.68. The van der Waals surface area contributed by atoms with Crippen molar-refractivity contribution in [3.63, 3.8) is 0 Å². The molecular formula is C23H27N3O2S. The number of hydrogen-bond acceptors (Lipinski definition) is 4. The third kappa shape index (κ3) is 5.82. The molecule has 0 aliphatic carbocycles. The maximum Gasteiger partial charge on any atom is 0.261 e. The molecule has 0 aliphatic heterocycles. The molecule has 0 bridgehead atoms.